The van der Waals surface area contributed by atoms with Crippen molar-refractivity contribution in [1.82, 2.24) is 0 Å². The quantitative estimate of drug-likeness (QED) is 0.895. The number of rotatable bonds is 3. The van der Waals surface area contributed by atoms with Crippen molar-refractivity contribution in [3.05, 3.63) is 52.5 Å². The van der Waals surface area contributed by atoms with Crippen molar-refractivity contribution >= 4 is 33.7 Å². The van der Waals surface area contributed by atoms with Gasteiger partial charge in [0.2, 0.25) is 0 Å². The molecule has 2 N–H and O–H groups in total. The summed E-state index contributed by atoms with van der Waals surface area (Å²) in [5.41, 5.74) is 0.252. The monoisotopic (exact) mass is 324 g/mol. The first-order valence-corrected chi connectivity index (χ1v) is 6.67. The van der Waals surface area contributed by atoms with Gasteiger partial charge in [0.1, 0.15) is 5.75 Å². The minimum absolute atomic E-state index is 0.189. The zero-order valence-electron chi connectivity index (χ0n) is 9.13. The van der Waals surface area contributed by atoms with E-state index in [2.05, 4.69) is 15.9 Å². The van der Waals surface area contributed by atoms with Gasteiger partial charge in [-0.05, 0) is 42.5 Å². The summed E-state index contributed by atoms with van der Waals surface area (Å²) >= 11 is 4.60. The lowest BCUT2D eigenvalue weighted by Gasteiger charge is -2.06. The van der Waals surface area contributed by atoms with E-state index in [0.29, 0.717) is 4.90 Å². The third kappa shape index (κ3) is 3.05. The molecule has 0 saturated heterocycles. The van der Waals surface area contributed by atoms with E-state index in [1.807, 2.05) is 0 Å². The van der Waals surface area contributed by atoms with Gasteiger partial charge in [0.25, 0.3) is 0 Å². The molecule has 2 aromatic rings. The number of benzene rings is 2. The normalized spacial score (nSPS) is 10.3. The number of phenols is 1. The lowest BCUT2D eigenvalue weighted by Crippen LogP contribution is -1.98. The van der Waals surface area contributed by atoms with Gasteiger partial charge < -0.3 is 10.2 Å². The summed E-state index contributed by atoms with van der Waals surface area (Å²) in [5, 5.41) is 18.3. The van der Waals surface area contributed by atoms with Crippen LogP contribution in [0.4, 0.5) is 0 Å². The van der Waals surface area contributed by atoms with E-state index in [9.17, 15) is 9.90 Å². The highest BCUT2D eigenvalue weighted by Gasteiger charge is 2.11. The Kier molecular flexibility index (Phi) is 3.93. The van der Waals surface area contributed by atoms with Crippen molar-refractivity contribution < 1.29 is 15.0 Å². The van der Waals surface area contributed by atoms with Crippen LogP contribution in [0.15, 0.2) is 56.7 Å². The van der Waals surface area contributed by atoms with Gasteiger partial charge in [-0.15, -0.1) is 0 Å². The van der Waals surface area contributed by atoms with E-state index in [0.717, 1.165) is 9.37 Å². The van der Waals surface area contributed by atoms with E-state index >= 15 is 0 Å². The fourth-order valence-corrected chi connectivity index (χ4v) is 2.68. The van der Waals surface area contributed by atoms with Crippen molar-refractivity contribution in [1.29, 1.82) is 0 Å². The van der Waals surface area contributed by atoms with Gasteiger partial charge in [0.15, 0.2) is 0 Å². The van der Waals surface area contributed by atoms with Gasteiger partial charge in [0.05, 0.1) is 5.56 Å². The minimum Gasteiger partial charge on any atom is -0.508 e. The summed E-state index contributed by atoms with van der Waals surface area (Å²) in [4.78, 5) is 12.7. The molecule has 0 spiro atoms. The number of phenolic OH excluding ortho intramolecular Hbond substituents is 1. The van der Waals surface area contributed by atoms with Gasteiger partial charge >= 0.3 is 5.97 Å². The van der Waals surface area contributed by atoms with Crippen molar-refractivity contribution in [2.24, 2.45) is 0 Å². The maximum Gasteiger partial charge on any atom is 0.336 e. The minimum atomic E-state index is -0.961. The average molecular weight is 325 g/mol. The first kappa shape index (κ1) is 13.0. The highest BCUT2D eigenvalue weighted by atomic mass is 79.9. The molecule has 0 unspecified atom stereocenters. The number of aromatic carboxylic acids is 1. The molecule has 5 heteroatoms. The lowest BCUT2D eigenvalue weighted by molar-refractivity contribution is 0.0693. The number of carboxylic acids is 1. The molecule has 0 atom stereocenters. The van der Waals surface area contributed by atoms with Crippen LogP contribution in [-0.4, -0.2) is 16.2 Å². The van der Waals surface area contributed by atoms with Crippen LogP contribution in [0.1, 0.15) is 10.4 Å². The topological polar surface area (TPSA) is 57.5 Å². The SMILES string of the molecule is O=C(O)c1cc(Br)ccc1Sc1ccc(O)cc1. The summed E-state index contributed by atoms with van der Waals surface area (Å²) in [7, 11) is 0. The number of carboxylic acid groups (broad SMARTS) is 1. The molecular weight excluding hydrogens is 316 g/mol. The molecule has 2 rings (SSSR count). The standard InChI is InChI=1S/C13H9BrO3S/c14-8-1-6-12(11(7-8)13(16)17)18-10-4-2-9(15)3-5-10/h1-7,15H,(H,16,17). The molecule has 0 aliphatic carbocycles. The molecule has 3 nitrogen and oxygen atoms in total. The molecule has 0 aliphatic rings. The van der Waals surface area contributed by atoms with Gasteiger partial charge in [0, 0.05) is 14.3 Å². The molecule has 0 heterocycles. The van der Waals surface area contributed by atoms with E-state index in [-0.39, 0.29) is 11.3 Å². The van der Waals surface area contributed by atoms with E-state index in [1.165, 1.54) is 11.8 Å². The maximum atomic E-state index is 11.1. The lowest BCUT2D eigenvalue weighted by atomic mass is 10.2. The van der Waals surface area contributed by atoms with Crippen LogP contribution < -0.4 is 0 Å². The number of carbonyl (C=O) groups is 1. The summed E-state index contributed by atoms with van der Waals surface area (Å²) < 4.78 is 0.731. The molecule has 0 aromatic heterocycles. The molecule has 92 valence electrons. The fraction of sp³-hybridized carbons (Fsp3) is 0. The Hall–Kier alpha value is -1.46. The van der Waals surface area contributed by atoms with Crippen LogP contribution in [0.25, 0.3) is 0 Å². The first-order valence-electron chi connectivity index (χ1n) is 5.06. The number of hydrogen-bond acceptors (Lipinski definition) is 3. The number of hydrogen-bond donors (Lipinski definition) is 2. The van der Waals surface area contributed by atoms with Crippen molar-refractivity contribution in [2.75, 3.05) is 0 Å². The highest BCUT2D eigenvalue weighted by molar-refractivity contribution is 9.10. The molecule has 18 heavy (non-hydrogen) atoms. The van der Waals surface area contributed by atoms with Crippen molar-refractivity contribution in [2.45, 2.75) is 9.79 Å². The Bertz CT molecular complexity index is 581. The number of halogens is 1. The average Bonchev–Trinajstić information content (AvgIpc) is 2.34. The van der Waals surface area contributed by atoms with E-state index in [1.54, 1.807) is 42.5 Å². The molecule has 0 fully saturated rings. The van der Waals surface area contributed by atoms with E-state index < -0.39 is 5.97 Å². The van der Waals surface area contributed by atoms with Crippen LogP contribution in [0.5, 0.6) is 5.75 Å². The molecule has 0 radical (unpaired) electrons. The van der Waals surface area contributed by atoms with Gasteiger partial charge in [-0.25, -0.2) is 4.79 Å². The van der Waals surface area contributed by atoms with Crippen molar-refractivity contribution in [3.8, 4) is 5.75 Å². The van der Waals surface area contributed by atoms with Crippen LogP contribution >= 0.6 is 27.7 Å². The van der Waals surface area contributed by atoms with Crippen LogP contribution in [0, 0.1) is 0 Å². The Morgan fingerprint density at radius 2 is 1.78 bits per heavy atom. The first-order chi connectivity index (χ1) is 8.56. The second kappa shape index (κ2) is 5.46. The van der Waals surface area contributed by atoms with Crippen LogP contribution in [-0.2, 0) is 0 Å². The summed E-state index contributed by atoms with van der Waals surface area (Å²) in [6.45, 7) is 0. The van der Waals surface area contributed by atoms with Gasteiger partial charge in [-0.3, -0.25) is 0 Å². The third-order valence-corrected chi connectivity index (χ3v) is 3.81. The van der Waals surface area contributed by atoms with Gasteiger partial charge in [-0.2, -0.15) is 0 Å². The summed E-state index contributed by atoms with van der Waals surface area (Å²) in [5.74, 6) is -0.772. The second-order valence-corrected chi connectivity index (χ2v) is 5.57. The molecule has 0 aliphatic heterocycles. The number of aromatic hydroxyl groups is 1. The molecular formula is C13H9BrO3S. The Balaban J connectivity index is 2.34. The van der Waals surface area contributed by atoms with Gasteiger partial charge in [-0.1, -0.05) is 27.7 Å². The predicted molar refractivity (Wildman–Crippen MR) is 73.3 cm³/mol. The summed E-state index contributed by atoms with van der Waals surface area (Å²) in [6.07, 6.45) is 0. The Morgan fingerprint density at radius 1 is 1.11 bits per heavy atom. The second-order valence-electron chi connectivity index (χ2n) is 3.54. The Morgan fingerprint density at radius 3 is 2.39 bits per heavy atom. The molecule has 2 aromatic carbocycles. The van der Waals surface area contributed by atoms with Crippen molar-refractivity contribution in [3.63, 3.8) is 0 Å². The van der Waals surface area contributed by atoms with Crippen LogP contribution in [0.2, 0.25) is 0 Å². The highest BCUT2D eigenvalue weighted by Crippen LogP contribution is 2.32. The smallest absolute Gasteiger partial charge is 0.336 e. The predicted octanol–water partition coefficient (Wildman–Crippen LogP) is 4.00. The largest absolute Gasteiger partial charge is 0.508 e. The molecule has 0 amide bonds. The molecule has 0 bridgehead atoms. The Labute approximate surface area is 117 Å². The van der Waals surface area contributed by atoms with E-state index in [4.69, 9.17) is 5.11 Å². The zero-order valence-corrected chi connectivity index (χ0v) is 11.5. The van der Waals surface area contributed by atoms with Crippen LogP contribution in [0.3, 0.4) is 0 Å². The molecule has 0 saturated carbocycles. The maximum absolute atomic E-state index is 11.1. The zero-order chi connectivity index (χ0) is 13.1. The fourth-order valence-electron chi connectivity index (χ4n) is 1.40. The third-order valence-electron chi connectivity index (χ3n) is 2.24. The summed E-state index contributed by atoms with van der Waals surface area (Å²) in [6, 6.07) is 11.8.